The first kappa shape index (κ1) is 12.6. The van der Waals surface area contributed by atoms with Gasteiger partial charge in [0.1, 0.15) is 12.4 Å². The number of ether oxygens (including phenoxy) is 1. The monoisotopic (exact) mass is 248 g/mol. The van der Waals surface area contributed by atoms with Crippen LogP contribution in [-0.4, -0.2) is 12.9 Å². The SMILES string of the molecule is CCC1=C(SC)c2ccc(C(C)C)cc2OC1. The normalized spacial score (nSPS) is 14.9. The largest absolute Gasteiger partial charge is 0.489 e. The lowest BCUT2D eigenvalue weighted by atomic mass is 9.98. The molecule has 0 N–H and O–H groups in total. The maximum Gasteiger partial charge on any atom is 0.128 e. The summed E-state index contributed by atoms with van der Waals surface area (Å²) in [5.41, 5.74) is 4.04. The fourth-order valence-electron chi connectivity index (χ4n) is 2.14. The van der Waals surface area contributed by atoms with Gasteiger partial charge in [-0.25, -0.2) is 0 Å². The molecule has 1 aromatic carbocycles. The molecule has 1 heterocycles. The highest BCUT2D eigenvalue weighted by Gasteiger charge is 2.19. The number of benzene rings is 1. The molecule has 0 radical (unpaired) electrons. The van der Waals surface area contributed by atoms with Gasteiger partial charge in [-0.2, -0.15) is 0 Å². The predicted octanol–water partition coefficient (Wildman–Crippen LogP) is 4.69. The summed E-state index contributed by atoms with van der Waals surface area (Å²) < 4.78 is 5.88. The van der Waals surface area contributed by atoms with Gasteiger partial charge in [-0.15, -0.1) is 11.8 Å². The first-order chi connectivity index (χ1) is 8.17. The van der Waals surface area contributed by atoms with Crippen molar-refractivity contribution in [2.75, 3.05) is 12.9 Å². The minimum Gasteiger partial charge on any atom is -0.489 e. The number of rotatable bonds is 3. The van der Waals surface area contributed by atoms with Gasteiger partial charge >= 0.3 is 0 Å². The number of thioether (sulfide) groups is 1. The highest BCUT2D eigenvalue weighted by molar-refractivity contribution is 8.07. The van der Waals surface area contributed by atoms with Gasteiger partial charge in [-0.1, -0.05) is 26.8 Å². The molecule has 1 aliphatic rings. The van der Waals surface area contributed by atoms with Crippen LogP contribution >= 0.6 is 11.8 Å². The van der Waals surface area contributed by atoms with Gasteiger partial charge in [0.05, 0.1) is 0 Å². The first-order valence-electron chi connectivity index (χ1n) is 6.20. The maximum absolute atomic E-state index is 5.88. The fourth-order valence-corrected chi connectivity index (χ4v) is 3.02. The van der Waals surface area contributed by atoms with Crippen molar-refractivity contribution in [1.29, 1.82) is 0 Å². The fraction of sp³-hybridized carbons (Fsp3) is 0.467. The van der Waals surface area contributed by atoms with E-state index in [1.165, 1.54) is 21.6 Å². The third kappa shape index (κ3) is 2.37. The molecule has 1 aromatic rings. The maximum atomic E-state index is 5.88. The van der Waals surface area contributed by atoms with Crippen LogP contribution in [0.1, 0.15) is 44.2 Å². The molecule has 0 amide bonds. The van der Waals surface area contributed by atoms with Gasteiger partial charge in [0.2, 0.25) is 0 Å². The Kier molecular flexibility index (Phi) is 3.82. The van der Waals surface area contributed by atoms with Crippen LogP contribution in [0.15, 0.2) is 23.8 Å². The van der Waals surface area contributed by atoms with Crippen LogP contribution < -0.4 is 4.74 Å². The minimum absolute atomic E-state index is 0.554. The van der Waals surface area contributed by atoms with Gasteiger partial charge < -0.3 is 4.74 Å². The van der Waals surface area contributed by atoms with Gasteiger partial charge in [0.15, 0.2) is 0 Å². The Morgan fingerprint density at radius 1 is 1.35 bits per heavy atom. The van der Waals surface area contributed by atoms with Crippen molar-refractivity contribution < 1.29 is 4.74 Å². The molecule has 0 aromatic heterocycles. The first-order valence-corrected chi connectivity index (χ1v) is 7.43. The zero-order chi connectivity index (χ0) is 12.4. The van der Waals surface area contributed by atoms with Crippen LogP contribution in [0.5, 0.6) is 5.75 Å². The van der Waals surface area contributed by atoms with E-state index in [0.717, 1.165) is 18.8 Å². The van der Waals surface area contributed by atoms with E-state index < -0.39 is 0 Å². The van der Waals surface area contributed by atoms with Crippen molar-refractivity contribution in [2.24, 2.45) is 0 Å². The lowest BCUT2D eigenvalue weighted by molar-refractivity contribution is 0.343. The summed E-state index contributed by atoms with van der Waals surface area (Å²) in [5, 5.41) is 0. The van der Waals surface area contributed by atoms with Crippen molar-refractivity contribution in [3.05, 3.63) is 34.9 Å². The molecule has 17 heavy (non-hydrogen) atoms. The summed E-state index contributed by atoms with van der Waals surface area (Å²) in [4.78, 5) is 1.41. The summed E-state index contributed by atoms with van der Waals surface area (Å²) in [6.45, 7) is 7.38. The standard InChI is InChI=1S/C15H20OS/c1-5-11-9-16-14-8-12(10(2)3)6-7-13(14)15(11)17-4/h6-8,10H,5,9H2,1-4H3. The molecule has 0 spiro atoms. The third-order valence-electron chi connectivity index (χ3n) is 3.27. The molecule has 0 bridgehead atoms. The summed E-state index contributed by atoms with van der Waals surface area (Å²) in [6.07, 6.45) is 3.22. The quantitative estimate of drug-likeness (QED) is 0.767. The average molecular weight is 248 g/mol. The van der Waals surface area contributed by atoms with Crippen molar-refractivity contribution >= 4 is 16.7 Å². The Morgan fingerprint density at radius 3 is 2.71 bits per heavy atom. The smallest absolute Gasteiger partial charge is 0.128 e. The molecule has 1 aliphatic heterocycles. The summed E-state index contributed by atoms with van der Waals surface area (Å²) in [7, 11) is 0. The topological polar surface area (TPSA) is 9.23 Å². The molecule has 2 heteroatoms. The van der Waals surface area contributed by atoms with Crippen LogP contribution in [0.2, 0.25) is 0 Å². The minimum atomic E-state index is 0.554. The molecular weight excluding hydrogens is 228 g/mol. The predicted molar refractivity (Wildman–Crippen MR) is 76.8 cm³/mol. The number of fused-ring (bicyclic) bond motifs is 1. The Bertz CT molecular complexity index is 446. The van der Waals surface area contributed by atoms with E-state index in [1.54, 1.807) is 0 Å². The zero-order valence-corrected chi connectivity index (χ0v) is 11.9. The van der Waals surface area contributed by atoms with E-state index in [4.69, 9.17) is 4.74 Å². The average Bonchev–Trinajstić information content (AvgIpc) is 2.36. The highest BCUT2D eigenvalue weighted by atomic mass is 32.2. The second-order valence-corrected chi connectivity index (χ2v) is 5.51. The Labute approximate surface area is 108 Å². The van der Waals surface area contributed by atoms with Crippen LogP contribution in [0.3, 0.4) is 0 Å². The zero-order valence-electron chi connectivity index (χ0n) is 11.0. The van der Waals surface area contributed by atoms with Crippen molar-refractivity contribution in [1.82, 2.24) is 0 Å². The lowest BCUT2D eigenvalue weighted by Crippen LogP contribution is -2.10. The third-order valence-corrected chi connectivity index (χ3v) is 4.19. The summed E-state index contributed by atoms with van der Waals surface area (Å²) >= 11 is 1.83. The Balaban J connectivity index is 2.47. The molecule has 0 saturated heterocycles. The van der Waals surface area contributed by atoms with Crippen molar-refractivity contribution in [3.8, 4) is 5.75 Å². The number of hydrogen-bond acceptors (Lipinski definition) is 2. The Morgan fingerprint density at radius 2 is 2.12 bits per heavy atom. The molecule has 0 aliphatic carbocycles. The van der Waals surface area contributed by atoms with E-state index in [-0.39, 0.29) is 0 Å². The molecule has 2 rings (SSSR count). The van der Waals surface area contributed by atoms with Gasteiger partial charge in [-0.05, 0) is 41.9 Å². The summed E-state index contributed by atoms with van der Waals surface area (Å²) in [5.74, 6) is 1.61. The van der Waals surface area contributed by atoms with E-state index in [1.807, 2.05) is 11.8 Å². The number of hydrogen-bond donors (Lipinski definition) is 0. The summed E-state index contributed by atoms with van der Waals surface area (Å²) in [6, 6.07) is 6.63. The van der Waals surface area contributed by atoms with Gasteiger partial charge in [0, 0.05) is 10.5 Å². The second kappa shape index (κ2) is 5.18. The molecule has 0 fully saturated rings. The molecule has 0 atom stereocenters. The van der Waals surface area contributed by atoms with E-state index in [9.17, 15) is 0 Å². The van der Waals surface area contributed by atoms with Gasteiger partial charge in [-0.3, -0.25) is 0 Å². The van der Waals surface area contributed by atoms with Crippen molar-refractivity contribution in [3.63, 3.8) is 0 Å². The molecular formula is C15H20OS. The van der Waals surface area contributed by atoms with E-state index in [0.29, 0.717) is 5.92 Å². The molecule has 0 unspecified atom stereocenters. The molecule has 1 nitrogen and oxygen atoms in total. The molecule has 0 saturated carbocycles. The highest BCUT2D eigenvalue weighted by Crippen LogP contribution is 2.40. The van der Waals surface area contributed by atoms with Crippen LogP contribution in [-0.2, 0) is 0 Å². The second-order valence-electron chi connectivity index (χ2n) is 4.69. The lowest BCUT2D eigenvalue weighted by Gasteiger charge is -2.23. The Hall–Kier alpha value is -0.890. The van der Waals surface area contributed by atoms with E-state index in [2.05, 4.69) is 45.2 Å². The van der Waals surface area contributed by atoms with Crippen LogP contribution in [0.25, 0.3) is 4.91 Å². The van der Waals surface area contributed by atoms with Crippen LogP contribution in [0, 0.1) is 0 Å². The van der Waals surface area contributed by atoms with Crippen molar-refractivity contribution in [2.45, 2.75) is 33.1 Å². The van der Waals surface area contributed by atoms with Gasteiger partial charge in [0.25, 0.3) is 0 Å². The molecule has 92 valence electrons. The van der Waals surface area contributed by atoms with Crippen LogP contribution in [0.4, 0.5) is 0 Å². The van der Waals surface area contributed by atoms with E-state index >= 15 is 0 Å².